The van der Waals surface area contributed by atoms with Crippen molar-refractivity contribution in [3.8, 4) is 0 Å². The van der Waals surface area contributed by atoms with Gasteiger partial charge in [-0.25, -0.2) is 4.79 Å². The van der Waals surface area contributed by atoms with Gasteiger partial charge in [-0.1, -0.05) is 60.2 Å². The lowest BCUT2D eigenvalue weighted by Crippen LogP contribution is -2.06. The van der Waals surface area contributed by atoms with Crippen LogP contribution in [0.3, 0.4) is 0 Å². The van der Waals surface area contributed by atoms with E-state index in [1.54, 1.807) is 0 Å². The van der Waals surface area contributed by atoms with E-state index in [1.165, 1.54) is 0 Å². The smallest absolute Gasteiger partial charge is 0.338 e. The van der Waals surface area contributed by atoms with Gasteiger partial charge in [-0.2, -0.15) is 0 Å². The Morgan fingerprint density at radius 1 is 1.05 bits per heavy atom. The molecule has 0 N–H and O–H groups in total. The zero-order valence-corrected chi connectivity index (χ0v) is 11.8. The molecule has 0 amide bonds. The molecule has 0 bridgehead atoms. The van der Waals surface area contributed by atoms with Crippen LogP contribution < -0.4 is 0 Å². The normalized spacial score (nSPS) is 11.2. The summed E-state index contributed by atoms with van der Waals surface area (Å²) in [4.78, 5) is 12.1. The van der Waals surface area contributed by atoms with E-state index < -0.39 is 0 Å². The SMILES string of the molecule is CCOC(=O)/C(=C\c1ccccc1)c1ccc(C)cc1. The number of esters is 1. The molecule has 2 aromatic carbocycles. The van der Waals surface area contributed by atoms with Crippen LogP contribution in [-0.2, 0) is 9.53 Å². The van der Waals surface area contributed by atoms with Gasteiger partial charge in [0.05, 0.1) is 12.2 Å². The molecule has 2 heteroatoms. The predicted octanol–water partition coefficient (Wildman–Crippen LogP) is 4.10. The van der Waals surface area contributed by atoms with Crippen molar-refractivity contribution in [1.82, 2.24) is 0 Å². The van der Waals surface area contributed by atoms with Crippen molar-refractivity contribution in [3.05, 3.63) is 71.3 Å². The van der Waals surface area contributed by atoms with Crippen molar-refractivity contribution in [2.75, 3.05) is 6.61 Å². The number of aryl methyl sites for hydroxylation is 1. The average Bonchev–Trinajstić information content (AvgIpc) is 2.47. The Hall–Kier alpha value is -2.35. The molecule has 0 heterocycles. The first-order valence-electron chi connectivity index (χ1n) is 6.71. The highest BCUT2D eigenvalue weighted by Crippen LogP contribution is 2.20. The summed E-state index contributed by atoms with van der Waals surface area (Å²) in [6.07, 6.45) is 1.86. The van der Waals surface area contributed by atoms with E-state index in [-0.39, 0.29) is 5.97 Å². The van der Waals surface area contributed by atoms with Gasteiger partial charge in [-0.15, -0.1) is 0 Å². The lowest BCUT2D eigenvalue weighted by Gasteiger charge is -2.08. The van der Waals surface area contributed by atoms with Crippen molar-refractivity contribution in [3.63, 3.8) is 0 Å². The first-order chi connectivity index (χ1) is 9.70. The maximum absolute atomic E-state index is 12.1. The second-order valence-electron chi connectivity index (χ2n) is 4.56. The second-order valence-corrected chi connectivity index (χ2v) is 4.56. The number of carbonyl (C=O) groups is 1. The first kappa shape index (κ1) is 14.1. The highest BCUT2D eigenvalue weighted by molar-refractivity contribution is 6.21. The Kier molecular flexibility index (Phi) is 4.72. The van der Waals surface area contributed by atoms with Crippen LogP contribution in [0.25, 0.3) is 11.6 Å². The van der Waals surface area contributed by atoms with Gasteiger partial charge in [0.1, 0.15) is 0 Å². The predicted molar refractivity (Wildman–Crippen MR) is 82.1 cm³/mol. The van der Waals surface area contributed by atoms with Crippen LogP contribution in [0.5, 0.6) is 0 Å². The molecule has 0 saturated heterocycles. The van der Waals surface area contributed by atoms with Crippen LogP contribution in [0.15, 0.2) is 54.6 Å². The van der Waals surface area contributed by atoms with E-state index in [0.717, 1.165) is 16.7 Å². The summed E-state index contributed by atoms with van der Waals surface area (Å²) in [6.45, 7) is 4.21. The standard InChI is InChI=1S/C18H18O2/c1-3-20-18(19)17(13-15-7-5-4-6-8-15)16-11-9-14(2)10-12-16/h4-13H,3H2,1-2H3/b17-13-. The van der Waals surface area contributed by atoms with Crippen LogP contribution in [0.1, 0.15) is 23.6 Å². The maximum Gasteiger partial charge on any atom is 0.338 e. The van der Waals surface area contributed by atoms with Gasteiger partial charge in [0.2, 0.25) is 0 Å². The van der Waals surface area contributed by atoms with Gasteiger partial charge < -0.3 is 4.74 Å². The molecule has 2 aromatic rings. The van der Waals surface area contributed by atoms with Gasteiger partial charge in [0, 0.05) is 0 Å². The molecule has 2 nitrogen and oxygen atoms in total. The molecule has 0 spiro atoms. The Labute approximate surface area is 119 Å². The molecule has 0 radical (unpaired) electrons. The minimum Gasteiger partial charge on any atom is -0.462 e. The molecule has 0 aliphatic carbocycles. The lowest BCUT2D eigenvalue weighted by molar-refractivity contribution is -0.136. The quantitative estimate of drug-likeness (QED) is 0.473. The van der Waals surface area contributed by atoms with Gasteiger partial charge in [0.15, 0.2) is 0 Å². The highest BCUT2D eigenvalue weighted by atomic mass is 16.5. The Morgan fingerprint density at radius 2 is 1.70 bits per heavy atom. The monoisotopic (exact) mass is 266 g/mol. The summed E-state index contributed by atoms with van der Waals surface area (Å²) < 4.78 is 5.15. The number of hydrogen-bond donors (Lipinski definition) is 0. The average molecular weight is 266 g/mol. The molecule has 2 rings (SSSR count). The van der Waals surface area contributed by atoms with Crippen molar-refractivity contribution >= 4 is 17.6 Å². The van der Waals surface area contributed by atoms with Crippen molar-refractivity contribution in [2.45, 2.75) is 13.8 Å². The zero-order chi connectivity index (χ0) is 14.4. The van der Waals surface area contributed by atoms with Crippen molar-refractivity contribution < 1.29 is 9.53 Å². The Balaban J connectivity index is 2.42. The molecule has 0 atom stereocenters. The van der Waals surface area contributed by atoms with E-state index in [1.807, 2.05) is 74.5 Å². The molecule has 20 heavy (non-hydrogen) atoms. The fourth-order valence-corrected chi connectivity index (χ4v) is 1.92. The van der Waals surface area contributed by atoms with E-state index in [2.05, 4.69) is 0 Å². The highest BCUT2D eigenvalue weighted by Gasteiger charge is 2.13. The van der Waals surface area contributed by atoms with E-state index in [4.69, 9.17) is 4.74 Å². The van der Waals surface area contributed by atoms with Gasteiger partial charge in [-0.3, -0.25) is 0 Å². The lowest BCUT2D eigenvalue weighted by atomic mass is 10.0. The molecular weight excluding hydrogens is 248 g/mol. The maximum atomic E-state index is 12.1. The molecule has 0 aliphatic rings. The Bertz CT molecular complexity index is 595. The van der Waals surface area contributed by atoms with E-state index in [0.29, 0.717) is 12.2 Å². The van der Waals surface area contributed by atoms with Gasteiger partial charge in [-0.05, 0) is 31.1 Å². The molecule has 0 aliphatic heterocycles. The summed E-state index contributed by atoms with van der Waals surface area (Å²) in [5.74, 6) is -0.291. The number of rotatable bonds is 4. The van der Waals surface area contributed by atoms with Crippen LogP contribution in [0.4, 0.5) is 0 Å². The van der Waals surface area contributed by atoms with Gasteiger partial charge in [0.25, 0.3) is 0 Å². The third-order valence-electron chi connectivity index (χ3n) is 2.97. The molecular formula is C18H18O2. The fourth-order valence-electron chi connectivity index (χ4n) is 1.92. The largest absolute Gasteiger partial charge is 0.462 e. The summed E-state index contributed by atoms with van der Waals surface area (Å²) in [5, 5.41) is 0. The second kappa shape index (κ2) is 6.71. The van der Waals surface area contributed by atoms with Crippen molar-refractivity contribution in [2.24, 2.45) is 0 Å². The zero-order valence-electron chi connectivity index (χ0n) is 11.8. The third kappa shape index (κ3) is 3.58. The Morgan fingerprint density at radius 3 is 2.30 bits per heavy atom. The third-order valence-corrected chi connectivity index (χ3v) is 2.97. The van der Waals surface area contributed by atoms with E-state index >= 15 is 0 Å². The first-order valence-corrected chi connectivity index (χ1v) is 6.71. The summed E-state index contributed by atoms with van der Waals surface area (Å²) in [7, 11) is 0. The molecule has 102 valence electrons. The van der Waals surface area contributed by atoms with Crippen LogP contribution >= 0.6 is 0 Å². The topological polar surface area (TPSA) is 26.3 Å². The molecule has 0 saturated carbocycles. The van der Waals surface area contributed by atoms with Crippen LogP contribution in [0, 0.1) is 6.92 Å². The van der Waals surface area contributed by atoms with Crippen LogP contribution in [0.2, 0.25) is 0 Å². The van der Waals surface area contributed by atoms with Crippen LogP contribution in [-0.4, -0.2) is 12.6 Å². The number of benzene rings is 2. The minimum absolute atomic E-state index is 0.291. The fraction of sp³-hybridized carbons (Fsp3) is 0.167. The summed E-state index contributed by atoms with van der Waals surface area (Å²) in [5.41, 5.74) is 3.60. The molecule has 0 unspecified atom stereocenters. The molecule has 0 aromatic heterocycles. The van der Waals surface area contributed by atoms with Crippen molar-refractivity contribution in [1.29, 1.82) is 0 Å². The number of hydrogen-bond acceptors (Lipinski definition) is 2. The van der Waals surface area contributed by atoms with E-state index in [9.17, 15) is 4.79 Å². The van der Waals surface area contributed by atoms with Gasteiger partial charge >= 0.3 is 5.97 Å². The molecule has 0 fully saturated rings. The summed E-state index contributed by atoms with van der Waals surface area (Å²) in [6, 6.07) is 17.7. The summed E-state index contributed by atoms with van der Waals surface area (Å²) >= 11 is 0. The number of ether oxygens (including phenoxy) is 1. The minimum atomic E-state index is -0.291. The number of carbonyl (C=O) groups excluding carboxylic acids is 1.